The third-order valence-corrected chi connectivity index (χ3v) is 2.43. The van der Waals surface area contributed by atoms with E-state index in [0.29, 0.717) is 0 Å². The van der Waals surface area contributed by atoms with E-state index in [9.17, 15) is 13.2 Å². The molecule has 0 saturated carbocycles. The molecule has 0 aromatic heterocycles. The van der Waals surface area contributed by atoms with Crippen LogP contribution in [0.25, 0.3) is 0 Å². The fraction of sp³-hybridized carbons (Fsp3) is 0.571. The van der Waals surface area contributed by atoms with Gasteiger partial charge in [-0.15, -0.1) is 6.58 Å². The average molecular weight is 192 g/mol. The van der Waals surface area contributed by atoms with Gasteiger partial charge in [-0.05, 0) is 6.92 Å². The molecule has 0 aliphatic rings. The molecule has 0 heterocycles. The molecule has 0 radical (unpaired) electrons. The summed E-state index contributed by atoms with van der Waals surface area (Å²) in [5, 5.41) is 0. The van der Waals surface area contributed by atoms with Crippen LogP contribution in [0.3, 0.4) is 0 Å². The summed E-state index contributed by atoms with van der Waals surface area (Å²) in [7, 11) is -3.35. The number of sulfone groups is 1. The molecule has 0 aromatic carbocycles. The molecule has 0 amide bonds. The maximum atomic E-state index is 10.9. The fourth-order valence-corrected chi connectivity index (χ4v) is 1.54. The van der Waals surface area contributed by atoms with Crippen molar-refractivity contribution in [1.29, 1.82) is 0 Å². The van der Waals surface area contributed by atoms with Crippen LogP contribution in [0.15, 0.2) is 12.7 Å². The highest BCUT2D eigenvalue weighted by molar-refractivity contribution is 7.92. The number of carbonyl (C=O) groups excluding carboxylic acids is 1. The van der Waals surface area contributed by atoms with Crippen molar-refractivity contribution in [2.24, 2.45) is 0 Å². The van der Waals surface area contributed by atoms with E-state index in [2.05, 4.69) is 11.3 Å². The Kier molecular flexibility index (Phi) is 4.58. The molecular formula is C7H12O4S. The van der Waals surface area contributed by atoms with Gasteiger partial charge in [0, 0.05) is 0 Å². The van der Waals surface area contributed by atoms with Crippen LogP contribution in [0.4, 0.5) is 0 Å². The Morgan fingerprint density at radius 2 is 2.17 bits per heavy atom. The van der Waals surface area contributed by atoms with Gasteiger partial charge in [-0.3, -0.25) is 4.79 Å². The minimum Gasteiger partial charge on any atom is -0.465 e. The third-order valence-electron chi connectivity index (χ3n) is 1.01. The summed E-state index contributed by atoms with van der Waals surface area (Å²) < 4.78 is 26.4. The first kappa shape index (κ1) is 11.2. The van der Waals surface area contributed by atoms with Gasteiger partial charge in [-0.25, -0.2) is 8.42 Å². The molecule has 0 aliphatic heterocycles. The van der Waals surface area contributed by atoms with Crippen molar-refractivity contribution < 1.29 is 17.9 Å². The Hall–Kier alpha value is -0.840. The first-order valence-electron chi connectivity index (χ1n) is 3.48. The van der Waals surface area contributed by atoms with E-state index in [1.54, 1.807) is 6.92 Å². The Balaban J connectivity index is 4.06. The van der Waals surface area contributed by atoms with Gasteiger partial charge in [0.25, 0.3) is 0 Å². The smallest absolute Gasteiger partial charge is 0.321 e. The molecule has 0 bridgehead atoms. The monoisotopic (exact) mass is 192 g/mol. The highest BCUT2D eigenvalue weighted by atomic mass is 32.2. The SMILES string of the molecule is C=CCS(=O)(=O)CC(=O)OCC. The van der Waals surface area contributed by atoms with Gasteiger partial charge in [0.2, 0.25) is 0 Å². The second kappa shape index (κ2) is 4.92. The number of hydrogen-bond acceptors (Lipinski definition) is 4. The van der Waals surface area contributed by atoms with Gasteiger partial charge >= 0.3 is 5.97 Å². The second-order valence-corrected chi connectivity index (χ2v) is 4.26. The Bertz CT molecular complexity index is 253. The molecule has 0 aliphatic carbocycles. The summed E-state index contributed by atoms with van der Waals surface area (Å²) in [5.74, 6) is -1.46. The predicted octanol–water partition coefficient (Wildman–Crippen LogP) is 0.150. The van der Waals surface area contributed by atoms with Crippen molar-refractivity contribution in [1.82, 2.24) is 0 Å². The molecule has 12 heavy (non-hydrogen) atoms. The van der Waals surface area contributed by atoms with Gasteiger partial charge in [-0.1, -0.05) is 6.08 Å². The lowest BCUT2D eigenvalue weighted by atomic mass is 10.7. The summed E-state index contributed by atoms with van der Waals surface area (Å²) in [6, 6.07) is 0. The van der Waals surface area contributed by atoms with Gasteiger partial charge in [0.1, 0.15) is 5.75 Å². The average Bonchev–Trinajstić information content (AvgIpc) is 1.85. The molecule has 0 rings (SSSR count). The lowest BCUT2D eigenvalue weighted by Crippen LogP contribution is -2.20. The summed E-state index contributed by atoms with van der Waals surface area (Å²) in [6.45, 7) is 5.09. The molecule has 0 aromatic rings. The van der Waals surface area contributed by atoms with Crippen molar-refractivity contribution in [2.45, 2.75) is 6.92 Å². The number of carbonyl (C=O) groups is 1. The highest BCUT2D eigenvalue weighted by Gasteiger charge is 2.15. The summed E-state index contributed by atoms with van der Waals surface area (Å²) in [4.78, 5) is 10.7. The molecular weight excluding hydrogens is 180 g/mol. The number of hydrogen-bond donors (Lipinski definition) is 0. The van der Waals surface area contributed by atoms with Crippen molar-refractivity contribution in [2.75, 3.05) is 18.1 Å². The number of ether oxygens (including phenoxy) is 1. The first-order chi connectivity index (χ1) is 5.52. The predicted molar refractivity (Wildman–Crippen MR) is 45.5 cm³/mol. The molecule has 4 nitrogen and oxygen atoms in total. The van der Waals surface area contributed by atoms with E-state index in [1.165, 1.54) is 6.08 Å². The minimum absolute atomic E-state index is 0.189. The van der Waals surface area contributed by atoms with Crippen molar-refractivity contribution in [3.05, 3.63) is 12.7 Å². The van der Waals surface area contributed by atoms with Crippen LogP contribution in [-0.2, 0) is 19.4 Å². The Labute approximate surface area is 72.1 Å². The second-order valence-electron chi connectivity index (χ2n) is 2.15. The van der Waals surface area contributed by atoms with Crippen molar-refractivity contribution >= 4 is 15.8 Å². The standard InChI is InChI=1S/C7H12O4S/c1-3-5-12(9,10)6-7(8)11-4-2/h3H,1,4-6H2,2H3. The maximum absolute atomic E-state index is 10.9. The normalized spacial score (nSPS) is 10.8. The van der Waals surface area contributed by atoms with Crippen LogP contribution in [0, 0.1) is 0 Å². The lowest BCUT2D eigenvalue weighted by molar-refractivity contribution is -0.139. The molecule has 0 spiro atoms. The van der Waals surface area contributed by atoms with Crippen LogP contribution < -0.4 is 0 Å². The largest absolute Gasteiger partial charge is 0.465 e. The van der Waals surface area contributed by atoms with Gasteiger partial charge in [-0.2, -0.15) is 0 Å². The summed E-state index contributed by atoms with van der Waals surface area (Å²) in [5.41, 5.74) is 0. The zero-order valence-electron chi connectivity index (χ0n) is 6.95. The molecule has 0 fully saturated rings. The molecule has 0 atom stereocenters. The summed E-state index contributed by atoms with van der Waals surface area (Å²) in [6.07, 6.45) is 1.24. The third kappa shape index (κ3) is 4.90. The van der Waals surface area contributed by atoms with Gasteiger partial charge in [0.05, 0.1) is 12.4 Å². The Morgan fingerprint density at radius 1 is 1.58 bits per heavy atom. The van der Waals surface area contributed by atoms with Crippen LogP contribution in [0.1, 0.15) is 6.92 Å². The van der Waals surface area contributed by atoms with E-state index in [0.717, 1.165) is 0 Å². The molecule has 0 saturated heterocycles. The topological polar surface area (TPSA) is 60.4 Å². The number of esters is 1. The van der Waals surface area contributed by atoms with E-state index in [1.807, 2.05) is 0 Å². The highest BCUT2D eigenvalue weighted by Crippen LogP contribution is 1.92. The van der Waals surface area contributed by atoms with Gasteiger partial charge < -0.3 is 4.74 Å². The molecule has 70 valence electrons. The molecule has 0 N–H and O–H groups in total. The van der Waals surface area contributed by atoms with Crippen molar-refractivity contribution in [3.63, 3.8) is 0 Å². The summed E-state index contributed by atoms with van der Waals surface area (Å²) >= 11 is 0. The van der Waals surface area contributed by atoms with E-state index in [-0.39, 0.29) is 12.4 Å². The minimum atomic E-state index is -3.35. The Morgan fingerprint density at radius 3 is 2.58 bits per heavy atom. The lowest BCUT2D eigenvalue weighted by Gasteiger charge is -2.00. The van der Waals surface area contributed by atoms with E-state index < -0.39 is 21.6 Å². The quantitative estimate of drug-likeness (QED) is 0.459. The molecule has 0 unspecified atom stereocenters. The number of rotatable bonds is 5. The van der Waals surface area contributed by atoms with Crippen LogP contribution in [0.2, 0.25) is 0 Å². The van der Waals surface area contributed by atoms with Crippen LogP contribution >= 0.6 is 0 Å². The van der Waals surface area contributed by atoms with Crippen LogP contribution in [0.5, 0.6) is 0 Å². The zero-order valence-corrected chi connectivity index (χ0v) is 7.76. The van der Waals surface area contributed by atoms with E-state index in [4.69, 9.17) is 0 Å². The maximum Gasteiger partial charge on any atom is 0.321 e. The van der Waals surface area contributed by atoms with Crippen LogP contribution in [-0.4, -0.2) is 32.5 Å². The molecule has 5 heteroatoms. The van der Waals surface area contributed by atoms with Crippen molar-refractivity contribution in [3.8, 4) is 0 Å². The zero-order chi connectivity index (χ0) is 9.61. The van der Waals surface area contributed by atoms with E-state index >= 15 is 0 Å². The first-order valence-corrected chi connectivity index (χ1v) is 5.31. The fourth-order valence-electron chi connectivity index (χ4n) is 0.621. The van der Waals surface area contributed by atoms with Gasteiger partial charge in [0.15, 0.2) is 9.84 Å².